The van der Waals surface area contributed by atoms with Gasteiger partial charge in [0, 0.05) is 24.6 Å². The Kier molecular flexibility index (Phi) is 6.52. The van der Waals surface area contributed by atoms with Crippen LogP contribution in [0.1, 0.15) is 33.2 Å². The van der Waals surface area contributed by atoms with Gasteiger partial charge in [-0.3, -0.25) is 9.78 Å². The summed E-state index contributed by atoms with van der Waals surface area (Å²) in [7, 11) is 0. The van der Waals surface area contributed by atoms with Crippen LogP contribution in [-0.4, -0.2) is 23.5 Å². The summed E-state index contributed by atoms with van der Waals surface area (Å²) in [6, 6.07) is 14.3. The molecule has 2 aromatic carbocycles. The van der Waals surface area contributed by atoms with Crippen LogP contribution >= 0.6 is 0 Å². The Bertz CT molecular complexity index is 989. The molecular formula is C22H20FN3O3. The number of amides is 1. The quantitative estimate of drug-likeness (QED) is 0.586. The molecule has 6 nitrogen and oxygen atoms in total. The van der Waals surface area contributed by atoms with Gasteiger partial charge in [0.2, 0.25) is 0 Å². The van der Waals surface area contributed by atoms with Gasteiger partial charge in [-0.2, -0.15) is 0 Å². The summed E-state index contributed by atoms with van der Waals surface area (Å²) in [5.41, 5.74) is 2.91. The largest absolute Gasteiger partial charge is 0.462 e. The lowest BCUT2D eigenvalue weighted by atomic mass is 10.2. The van der Waals surface area contributed by atoms with Crippen LogP contribution in [0.15, 0.2) is 67.0 Å². The van der Waals surface area contributed by atoms with Gasteiger partial charge in [0.1, 0.15) is 5.82 Å². The minimum Gasteiger partial charge on any atom is -0.462 e. The first-order valence-corrected chi connectivity index (χ1v) is 9.07. The molecule has 0 aliphatic heterocycles. The van der Waals surface area contributed by atoms with Gasteiger partial charge in [0.15, 0.2) is 0 Å². The van der Waals surface area contributed by atoms with Gasteiger partial charge in [0.25, 0.3) is 5.91 Å². The number of esters is 1. The zero-order chi connectivity index (χ0) is 20.6. The average Bonchev–Trinajstić information content (AvgIpc) is 2.74. The Labute approximate surface area is 167 Å². The van der Waals surface area contributed by atoms with Crippen molar-refractivity contribution < 1.29 is 18.7 Å². The molecule has 7 heteroatoms. The number of nitrogens with zero attached hydrogens (tertiary/aromatic N) is 1. The second kappa shape index (κ2) is 9.45. The second-order valence-corrected chi connectivity index (χ2v) is 6.19. The zero-order valence-corrected chi connectivity index (χ0v) is 15.8. The molecular weight excluding hydrogens is 373 g/mol. The molecule has 0 fully saturated rings. The molecule has 1 heterocycles. The van der Waals surface area contributed by atoms with E-state index in [1.165, 1.54) is 18.3 Å². The summed E-state index contributed by atoms with van der Waals surface area (Å²) >= 11 is 0. The molecule has 0 saturated carbocycles. The van der Waals surface area contributed by atoms with E-state index in [0.29, 0.717) is 35.7 Å². The number of hydrogen-bond donors (Lipinski definition) is 2. The Balaban J connectivity index is 1.61. The van der Waals surface area contributed by atoms with Crippen LogP contribution in [0, 0.1) is 5.82 Å². The smallest absolute Gasteiger partial charge is 0.338 e. The number of aromatic nitrogens is 1. The van der Waals surface area contributed by atoms with Gasteiger partial charge in [-0.1, -0.05) is 12.1 Å². The third kappa shape index (κ3) is 5.62. The number of anilines is 2. The van der Waals surface area contributed by atoms with Crippen molar-refractivity contribution in [1.82, 2.24) is 4.98 Å². The number of halogens is 1. The van der Waals surface area contributed by atoms with Crippen LogP contribution in [0.5, 0.6) is 0 Å². The van der Waals surface area contributed by atoms with Crippen molar-refractivity contribution >= 4 is 23.3 Å². The molecule has 3 aromatic rings. The first-order valence-electron chi connectivity index (χ1n) is 9.07. The van der Waals surface area contributed by atoms with Crippen molar-refractivity contribution in [2.75, 3.05) is 17.2 Å². The molecule has 0 unspecified atom stereocenters. The predicted molar refractivity (Wildman–Crippen MR) is 108 cm³/mol. The first kappa shape index (κ1) is 20.0. The molecule has 0 atom stereocenters. The summed E-state index contributed by atoms with van der Waals surface area (Å²) < 4.78 is 17.9. The van der Waals surface area contributed by atoms with Crippen LogP contribution in [0.25, 0.3) is 0 Å². The standard InChI is InChI=1S/C22H20FN3O3/c1-2-29-22(28)16-5-9-19(10-6-16)26-21(27)17-11-20(14-24-13-17)25-12-15-3-7-18(23)8-4-15/h3-11,13-14,25H,2,12H2,1H3,(H,26,27). The van der Waals surface area contributed by atoms with E-state index < -0.39 is 5.97 Å². The second-order valence-electron chi connectivity index (χ2n) is 6.19. The fraction of sp³-hybridized carbons (Fsp3) is 0.136. The molecule has 0 saturated heterocycles. The number of ether oxygens (including phenoxy) is 1. The van der Waals surface area contributed by atoms with Crippen molar-refractivity contribution in [3.8, 4) is 0 Å². The molecule has 0 spiro atoms. The highest BCUT2D eigenvalue weighted by molar-refractivity contribution is 6.04. The molecule has 148 valence electrons. The van der Waals surface area contributed by atoms with Crippen LogP contribution in [0.3, 0.4) is 0 Å². The van der Waals surface area contributed by atoms with E-state index in [1.54, 1.807) is 55.6 Å². The maximum absolute atomic E-state index is 13.0. The number of hydrogen-bond acceptors (Lipinski definition) is 5. The number of benzene rings is 2. The van der Waals surface area contributed by atoms with Crippen molar-refractivity contribution in [1.29, 1.82) is 0 Å². The molecule has 0 radical (unpaired) electrons. The van der Waals surface area contributed by atoms with Crippen molar-refractivity contribution in [2.45, 2.75) is 13.5 Å². The number of carbonyl (C=O) groups is 2. The van der Waals surface area contributed by atoms with E-state index in [-0.39, 0.29) is 11.7 Å². The van der Waals surface area contributed by atoms with E-state index in [1.807, 2.05) is 0 Å². The Morgan fingerprint density at radius 3 is 2.38 bits per heavy atom. The van der Waals surface area contributed by atoms with E-state index >= 15 is 0 Å². The number of pyridine rings is 1. The highest BCUT2D eigenvalue weighted by atomic mass is 19.1. The third-order valence-corrected chi connectivity index (χ3v) is 4.06. The van der Waals surface area contributed by atoms with E-state index in [2.05, 4.69) is 15.6 Å². The van der Waals surface area contributed by atoms with Gasteiger partial charge in [-0.05, 0) is 55.0 Å². The minimum atomic E-state index is -0.408. The molecule has 29 heavy (non-hydrogen) atoms. The van der Waals surface area contributed by atoms with Gasteiger partial charge >= 0.3 is 5.97 Å². The van der Waals surface area contributed by atoms with Crippen LogP contribution in [0.2, 0.25) is 0 Å². The van der Waals surface area contributed by atoms with Gasteiger partial charge in [0.05, 0.1) is 23.4 Å². The van der Waals surface area contributed by atoms with Crippen molar-refractivity contribution in [3.05, 3.63) is 89.5 Å². The molecule has 1 amide bonds. The third-order valence-electron chi connectivity index (χ3n) is 4.06. The van der Waals surface area contributed by atoms with Gasteiger partial charge in [-0.25, -0.2) is 9.18 Å². The summed E-state index contributed by atoms with van der Waals surface area (Å²) in [6.45, 7) is 2.52. The summed E-state index contributed by atoms with van der Waals surface area (Å²) in [5, 5.41) is 5.92. The first-order chi connectivity index (χ1) is 14.0. The molecule has 0 aliphatic carbocycles. The van der Waals surface area contributed by atoms with Crippen LogP contribution in [0.4, 0.5) is 15.8 Å². The number of nitrogens with one attached hydrogen (secondary N) is 2. The normalized spacial score (nSPS) is 10.3. The van der Waals surface area contributed by atoms with E-state index in [4.69, 9.17) is 4.74 Å². The van der Waals surface area contributed by atoms with Crippen molar-refractivity contribution in [3.63, 3.8) is 0 Å². The predicted octanol–water partition coefficient (Wildman–Crippen LogP) is 4.26. The summed E-state index contributed by atoms with van der Waals surface area (Å²) in [4.78, 5) is 28.2. The topological polar surface area (TPSA) is 80.3 Å². The molecule has 2 N–H and O–H groups in total. The zero-order valence-electron chi connectivity index (χ0n) is 15.8. The summed E-state index contributed by atoms with van der Waals surface area (Å²) in [6.07, 6.45) is 3.07. The number of carbonyl (C=O) groups excluding carboxylic acids is 2. The lowest BCUT2D eigenvalue weighted by Crippen LogP contribution is -2.13. The van der Waals surface area contributed by atoms with Gasteiger partial charge < -0.3 is 15.4 Å². The Morgan fingerprint density at radius 2 is 1.69 bits per heavy atom. The fourth-order valence-corrected chi connectivity index (χ4v) is 2.57. The monoisotopic (exact) mass is 393 g/mol. The van der Waals surface area contributed by atoms with E-state index in [0.717, 1.165) is 5.56 Å². The Hall–Kier alpha value is -3.74. The highest BCUT2D eigenvalue weighted by Gasteiger charge is 2.10. The lowest BCUT2D eigenvalue weighted by molar-refractivity contribution is 0.0526. The molecule has 0 aliphatic rings. The number of rotatable bonds is 7. The van der Waals surface area contributed by atoms with Crippen molar-refractivity contribution in [2.24, 2.45) is 0 Å². The Morgan fingerprint density at radius 1 is 0.966 bits per heavy atom. The highest BCUT2D eigenvalue weighted by Crippen LogP contribution is 2.15. The van der Waals surface area contributed by atoms with Crippen LogP contribution < -0.4 is 10.6 Å². The SMILES string of the molecule is CCOC(=O)c1ccc(NC(=O)c2cncc(NCc3ccc(F)cc3)c2)cc1. The maximum Gasteiger partial charge on any atom is 0.338 e. The molecule has 3 rings (SSSR count). The van der Waals surface area contributed by atoms with Crippen LogP contribution in [-0.2, 0) is 11.3 Å². The maximum atomic E-state index is 13.0. The minimum absolute atomic E-state index is 0.288. The van der Waals surface area contributed by atoms with Gasteiger partial charge in [-0.15, -0.1) is 0 Å². The molecule has 1 aromatic heterocycles. The fourth-order valence-electron chi connectivity index (χ4n) is 2.57. The lowest BCUT2D eigenvalue weighted by Gasteiger charge is -2.09. The average molecular weight is 393 g/mol. The van der Waals surface area contributed by atoms with E-state index in [9.17, 15) is 14.0 Å². The molecule has 0 bridgehead atoms. The summed E-state index contributed by atoms with van der Waals surface area (Å²) in [5.74, 6) is -1.02.